The molecule has 0 saturated heterocycles. The number of likely N-dealkylation sites (N-methyl/N-ethyl adjacent to an activating group) is 1. The molecule has 6 heteroatoms. The van der Waals surface area contributed by atoms with Crippen LogP contribution in [-0.4, -0.2) is 37.1 Å². The van der Waals surface area contributed by atoms with Crippen LogP contribution in [-0.2, 0) is 11.2 Å². The lowest BCUT2D eigenvalue weighted by molar-refractivity contribution is -0.130. The van der Waals surface area contributed by atoms with Crippen LogP contribution < -0.4 is 15.2 Å². The number of hydrogen-bond acceptors (Lipinski definition) is 4. The number of rotatable bonds is 4. The summed E-state index contributed by atoms with van der Waals surface area (Å²) in [5.74, 6) is 1.51. The zero-order valence-corrected chi connectivity index (χ0v) is 14.3. The minimum Gasteiger partial charge on any atom is -0.486 e. The van der Waals surface area contributed by atoms with E-state index in [9.17, 15) is 4.79 Å². The summed E-state index contributed by atoms with van der Waals surface area (Å²) in [4.78, 5) is 14.0. The van der Waals surface area contributed by atoms with E-state index in [1.54, 1.807) is 24.1 Å². The molecule has 0 bridgehead atoms. The van der Waals surface area contributed by atoms with Crippen molar-refractivity contribution in [2.75, 3.05) is 25.9 Å². The Kier molecular flexibility index (Phi) is 5.93. The number of anilines is 1. The molecule has 0 aliphatic carbocycles. The maximum atomic E-state index is 12.3. The predicted molar refractivity (Wildman–Crippen MR) is 95.8 cm³/mol. The Morgan fingerprint density at radius 3 is 2.54 bits per heavy atom. The van der Waals surface area contributed by atoms with E-state index in [4.69, 9.17) is 15.2 Å². The largest absolute Gasteiger partial charge is 0.486 e. The fourth-order valence-corrected chi connectivity index (χ4v) is 2.51. The average molecular weight is 349 g/mol. The van der Waals surface area contributed by atoms with Gasteiger partial charge in [-0.2, -0.15) is 0 Å². The number of nitrogens with zero attached hydrogens (tertiary/aromatic N) is 1. The van der Waals surface area contributed by atoms with Gasteiger partial charge in [-0.15, -0.1) is 12.4 Å². The van der Waals surface area contributed by atoms with Crippen LogP contribution in [0.25, 0.3) is 0 Å². The number of hydrogen-bond donors (Lipinski definition) is 1. The van der Waals surface area contributed by atoms with Gasteiger partial charge in [0.1, 0.15) is 6.61 Å². The summed E-state index contributed by atoms with van der Waals surface area (Å²) in [6.45, 7) is 0.929. The van der Waals surface area contributed by atoms with Gasteiger partial charge in [0, 0.05) is 12.7 Å². The fraction of sp³-hybridized carbons (Fsp3) is 0.278. The van der Waals surface area contributed by atoms with Gasteiger partial charge >= 0.3 is 0 Å². The molecule has 1 atom stereocenters. The van der Waals surface area contributed by atoms with Crippen molar-refractivity contribution in [3.05, 3.63) is 54.1 Å². The topological polar surface area (TPSA) is 64.8 Å². The maximum Gasteiger partial charge on any atom is 0.226 e. The van der Waals surface area contributed by atoms with E-state index in [0.29, 0.717) is 25.3 Å². The molecule has 0 saturated carbocycles. The first kappa shape index (κ1) is 17.9. The predicted octanol–water partition coefficient (Wildman–Crippen LogP) is 2.53. The number of nitrogen functional groups attached to an aromatic ring is 1. The summed E-state index contributed by atoms with van der Waals surface area (Å²) in [7, 11) is 1.78. The fourth-order valence-electron chi connectivity index (χ4n) is 2.51. The number of amides is 1. The first-order valence-electron chi connectivity index (χ1n) is 7.58. The molecule has 0 fully saturated rings. The Morgan fingerprint density at radius 2 is 1.83 bits per heavy atom. The van der Waals surface area contributed by atoms with Gasteiger partial charge in [0.15, 0.2) is 17.6 Å². The molecular formula is C18H21ClN2O3. The molecule has 1 aliphatic rings. The van der Waals surface area contributed by atoms with Crippen molar-refractivity contribution in [1.29, 1.82) is 0 Å². The lowest BCUT2D eigenvalue weighted by atomic mass is 10.1. The highest BCUT2D eigenvalue weighted by Gasteiger charge is 2.23. The molecule has 1 aliphatic heterocycles. The highest BCUT2D eigenvalue weighted by atomic mass is 35.5. The van der Waals surface area contributed by atoms with Gasteiger partial charge < -0.3 is 20.1 Å². The number of carbonyl (C=O) groups excluding carboxylic acids is 1. The van der Waals surface area contributed by atoms with Crippen LogP contribution in [0.2, 0.25) is 0 Å². The third-order valence-corrected chi connectivity index (χ3v) is 3.81. The monoisotopic (exact) mass is 348 g/mol. The van der Waals surface area contributed by atoms with Crippen LogP contribution in [0.4, 0.5) is 5.69 Å². The summed E-state index contributed by atoms with van der Waals surface area (Å²) >= 11 is 0. The third-order valence-electron chi connectivity index (χ3n) is 3.81. The van der Waals surface area contributed by atoms with Gasteiger partial charge in [-0.05, 0) is 29.8 Å². The second-order valence-corrected chi connectivity index (χ2v) is 5.69. The molecule has 24 heavy (non-hydrogen) atoms. The molecule has 0 spiro atoms. The van der Waals surface area contributed by atoms with Gasteiger partial charge in [0.25, 0.3) is 0 Å². The molecule has 2 aromatic rings. The first-order chi connectivity index (χ1) is 11.1. The molecule has 0 radical (unpaired) electrons. The average Bonchev–Trinajstić information content (AvgIpc) is 2.56. The Hall–Kier alpha value is -2.40. The molecule has 1 amide bonds. The lowest BCUT2D eigenvalue weighted by Gasteiger charge is -2.29. The molecule has 2 N–H and O–H groups in total. The first-order valence-corrected chi connectivity index (χ1v) is 7.58. The summed E-state index contributed by atoms with van der Waals surface area (Å²) in [6.07, 6.45) is 0.186. The molecule has 5 nitrogen and oxygen atoms in total. The molecule has 0 aromatic heterocycles. The van der Waals surface area contributed by atoms with Crippen LogP contribution in [0.1, 0.15) is 5.56 Å². The highest BCUT2D eigenvalue weighted by Crippen LogP contribution is 2.30. The zero-order chi connectivity index (χ0) is 16.2. The smallest absolute Gasteiger partial charge is 0.226 e. The zero-order valence-electron chi connectivity index (χ0n) is 13.5. The van der Waals surface area contributed by atoms with Crippen molar-refractivity contribution in [3.63, 3.8) is 0 Å². The van der Waals surface area contributed by atoms with Crippen molar-refractivity contribution in [3.8, 4) is 11.5 Å². The summed E-state index contributed by atoms with van der Waals surface area (Å²) in [6, 6.07) is 14.9. The number of benzene rings is 2. The standard InChI is InChI=1S/C18H20N2O3.ClH/c1-20(18(21)10-13-6-8-14(19)9-7-13)11-15-12-22-16-4-2-3-5-17(16)23-15;/h2-9,15H,10-12,19H2,1H3;1H. The van der Waals surface area contributed by atoms with Gasteiger partial charge in [-0.1, -0.05) is 24.3 Å². The Balaban J connectivity index is 0.00000208. The second kappa shape index (κ2) is 7.93. The molecular weight excluding hydrogens is 328 g/mol. The van der Waals surface area contributed by atoms with Crippen LogP contribution in [0, 0.1) is 0 Å². The molecule has 1 unspecified atom stereocenters. The van der Waals surface area contributed by atoms with E-state index in [0.717, 1.165) is 17.1 Å². The second-order valence-electron chi connectivity index (χ2n) is 5.69. The van der Waals surface area contributed by atoms with Crippen LogP contribution >= 0.6 is 12.4 Å². The lowest BCUT2D eigenvalue weighted by Crippen LogP contribution is -2.42. The van der Waals surface area contributed by atoms with Crippen LogP contribution in [0.15, 0.2) is 48.5 Å². The van der Waals surface area contributed by atoms with Crippen molar-refractivity contribution in [1.82, 2.24) is 4.90 Å². The number of nitrogens with two attached hydrogens (primary N) is 1. The Bertz CT molecular complexity index is 691. The highest BCUT2D eigenvalue weighted by molar-refractivity contribution is 5.85. The van der Waals surface area contributed by atoms with Crippen molar-refractivity contribution < 1.29 is 14.3 Å². The SMILES string of the molecule is CN(CC1COc2ccccc2O1)C(=O)Cc1ccc(N)cc1.Cl. The Labute approximate surface area is 147 Å². The van der Waals surface area contributed by atoms with Crippen molar-refractivity contribution in [2.24, 2.45) is 0 Å². The van der Waals surface area contributed by atoms with E-state index >= 15 is 0 Å². The van der Waals surface area contributed by atoms with E-state index in [2.05, 4.69) is 0 Å². The molecule has 3 rings (SSSR count). The number of ether oxygens (including phenoxy) is 2. The van der Waals surface area contributed by atoms with Gasteiger partial charge in [0.2, 0.25) is 5.91 Å². The summed E-state index contributed by atoms with van der Waals surface area (Å²) < 4.78 is 11.6. The normalized spacial score (nSPS) is 15.3. The van der Waals surface area contributed by atoms with Crippen molar-refractivity contribution >= 4 is 24.0 Å². The van der Waals surface area contributed by atoms with Gasteiger partial charge in [-0.25, -0.2) is 0 Å². The van der Waals surface area contributed by atoms with E-state index in [1.165, 1.54) is 0 Å². The quantitative estimate of drug-likeness (QED) is 0.862. The van der Waals surface area contributed by atoms with E-state index in [-0.39, 0.29) is 24.4 Å². The summed E-state index contributed by atoms with van der Waals surface area (Å²) in [5.41, 5.74) is 7.30. The molecule has 128 valence electrons. The minimum absolute atomic E-state index is 0. The van der Waals surface area contributed by atoms with E-state index < -0.39 is 0 Å². The Morgan fingerprint density at radius 1 is 1.17 bits per heavy atom. The van der Waals surface area contributed by atoms with Gasteiger partial charge in [-0.3, -0.25) is 4.79 Å². The molecule has 1 heterocycles. The number of fused-ring (bicyclic) bond motifs is 1. The van der Waals surface area contributed by atoms with E-state index in [1.807, 2.05) is 36.4 Å². The number of para-hydroxylation sites is 2. The van der Waals surface area contributed by atoms with Crippen LogP contribution in [0.3, 0.4) is 0 Å². The maximum absolute atomic E-state index is 12.3. The number of halogens is 1. The molecule has 2 aromatic carbocycles. The minimum atomic E-state index is -0.162. The number of carbonyl (C=O) groups is 1. The van der Waals surface area contributed by atoms with Crippen LogP contribution in [0.5, 0.6) is 11.5 Å². The third kappa shape index (κ3) is 4.32. The van der Waals surface area contributed by atoms with Crippen molar-refractivity contribution in [2.45, 2.75) is 12.5 Å². The summed E-state index contributed by atoms with van der Waals surface area (Å²) in [5, 5.41) is 0. The van der Waals surface area contributed by atoms with Gasteiger partial charge in [0.05, 0.1) is 13.0 Å².